The average Bonchev–Trinajstić information content (AvgIpc) is 2.34. The van der Waals surface area contributed by atoms with E-state index in [-0.39, 0.29) is 0 Å². The Hall–Kier alpha value is 0.390. The predicted octanol–water partition coefficient (Wildman–Crippen LogP) is 2.04. The standard InChI is InChI=1S/C8H16NP/c10-9-6-5-7-3-1-2-4-8(7)9/h7-8H,1-6,10H2. The van der Waals surface area contributed by atoms with Gasteiger partial charge in [-0.25, -0.2) is 0 Å². The lowest BCUT2D eigenvalue weighted by atomic mass is 9.86. The van der Waals surface area contributed by atoms with E-state index in [1.54, 1.807) is 0 Å². The first-order valence-corrected chi connectivity index (χ1v) is 4.91. The van der Waals surface area contributed by atoms with E-state index in [1.165, 1.54) is 38.6 Å². The number of hydrogen-bond acceptors (Lipinski definition) is 1. The van der Waals surface area contributed by atoms with Crippen molar-refractivity contribution in [1.29, 1.82) is 0 Å². The summed E-state index contributed by atoms with van der Waals surface area (Å²) < 4.78 is 2.48. The van der Waals surface area contributed by atoms with Crippen molar-refractivity contribution in [3.63, 3.8) is 0 Å². The Morgan fingerprint density at radius 1 is 1.10 bits per heavy atom. The summed E-state index contributed by atoms with van der Waals surface area (Å²) in [6, 6.07) is 0.929. The first kappa shape index (κ1) is 7.06. The quantitative estimate of drug-likeness (QED) is 0.486. The van der Waals surface area contributed by atoms with E-state index >= 15 is 0 Å². The van der Waals surface area contributed by atoms with Crippen LogP contribution in [0.3, 0.4) is 0 Å². The summed E-state index contributed by atoms with van der Waals surface area (Å²) in [4.78, 5) is 0. The van der Waals surface area contributed by atoms with Gasteiger partial charge in [-0.1, -0.05) is 22.2 Å². The molecule has 0 spiro atoms. The minimum absolute atomic E-state index is 0.929. The Balaban J connectivity index is 2.01. The molecule has 2 rings (SSSR count). The zero-order valence-electron chi connectivity index (χ0n) is 6.42. The van der Waals surface area contributed by atoms with Gasteiger partial charge < -0.3 is 0 Å². The highest BCUT2D eigenvalue weighted by Crippen LogP contribution is 2.37. The van der Waals surface area contributed by atoms with Gasteiger partial charge in [0.1, 0.15) is 0 Å². The van der Waals surface area contributed by atoms with Gasteiger partial charge in [0.05, 0.1) is 0 Å². The van der Waals surface area contributed by atoms with Gasteiger partial charge in [-0.15, -0.1) is 0 Å². The lowest BCUT2D eigenvalue weighted by Crippen LogP contribution is -2.27. The van der Waals surface area contributed by atoms with E-state index < -0.39 is 0 Å². The van der Waals surface area contributed by atoms with Crippen molar-refractivity contribution in [2.45, 2.75) is 38.1 Å². The smallest absolute Gasteiger partial charge is 0.0158 e. The fourth-order valence-corrected chi connectivity index (χ4v) is 2.98. The van der Waals surface area contributed by atoms with E-state index in [1.807, 2.05) is 0 Å². The highest BCUT2D eigenvalue weighted by molar-refractivity contribution is 7.13. The minimum Gasteiger partial charge on any atom is -0.284 e. The van der Waals surface area contributed by atoms with Gasteiger partial charge in [0, 0.05) is 12.6 Å². The Kier molecular flexibility index (Phi) is 1.97. The van der Waals surface area contributed by atoms with Crippen LogP contribution in [0.4, 0.5) is 0 Å². The Morgan fingerprint density at radius 2 is 1.90 bits per heavy atom. The second-order valence-corrected chi connectivity index (χ2v) is 4.30. The second-order valence-electron chi connectivity index (χ2n) is 3.64. The largest absolute Gasteiger partial charge is 0.284 e. The molecule has 1 nitrogen and oxygen atoms in total. The van der Waals surface area contributed by atoms with Crippen LogP contribution in [-0.2, 0) is 0 Å². The van der Waals surface area contributed by atoms with E-state index in [9.17, 15) is 0 Å². The van der Waals surface area contributed by atoms with Crippen LogP contribution in [0.25, 0.3) is 0 Å². The van der Waals surface area contributed by atoms with Crippen molar-refractivity contribution in [2.24, 2.45) is 5.92 Å². The summed E-state index contributed by atoms with van der Waals surface area (Å²) >= 11 is 0. The summed E-state index contributed by atoms with van der Waals surface area (Å²) in [5.74, 6) is 1.05. The molecule has 0 radical (unpaired) electrons. The van der Waals surface area contributed by atoms with Crippen LogP contribution in [-0.4, -0.2) is 17.3 Å². The average molecular weight is 157 g/mol. The highest BCUT2D eigenvalue weighted by atomic mass is 31.0. The van der Waals surface area contributed by atoms with Crippen LogP contribution in [0.5, 0.6) is 0 Å². The van der Waals surface area contributed by atoms with E-state index in [0.29, 0.717) is 0 Å². The maximum absolute atomic E-state index is 2.88. The molecule has 2 aliphatic rings. The lowest BCUT2D eigenvalue weighted by Gasteiger charge is -2.28. The highest BCUT2D eigenvalue weighted by Gasteiger charge is 2.33. The van der Waals surface area contributed by atoms with Crippen molar-refractivity contribution in [1.82, 2.24) is 4.67 Å². The molecule has 0 bridgehead atoms. The Morgan fingerprint density at radius 3 is 2.70 bits per heavy atom. The van der Waals surface area contributed by atoms with Gasteiger partial charge in [0.15, 0.2) is 0 Å². The third-order valence-corrected chi connectivity index (χ3v) is 3.69. The molecule has 1 saturated heterocycles. The zero-order valence-corrected chi connectivity index (χ0v) is 7.58. The van der Waals surface area contributed by atoms with Gasteiger partial charge in [0.25, 0.3) is 0 Å². The van der Waals surface area contributed by atoms with Crippen LogP contribution in [0.15, 0.2) is 0 Å². The molecule has 3 unspecified atom stereocenters. The summed E-state index contributed by atoms with van der Waals surface area (Å²) in [5.41, 5.74) is 0. The fourth-order valence-electron chi connectivity index (χ4n) is 2.44. The van der Waals surface area contributed by atoms with Gasteiger partial charge in [-0.2, -0.15) is 0 Å². The molecule has 0 aromatic carbocycles. The number of fused-ring (bicyclic) bond motifs is 1. The Labute approximate surface area is 65.4 Å². The summed E-state index contributed by atoms with van der Waals surface area (Å²) in [6.07, 6.45) is 7.35. The Bertz CT molecular complexity index is 124. The topological polar surface area (TPSA) is 3.24 Å². The third-order valence-electron chi connectivity index (χ3n) is 3.05. The number of nitrogens with zero attached hydrogens (tertiary/aromatic N) is 1. The van der Waals surface area contributed by atoms with Crippen LogP contribution >= 0.6 is 9.39 Å². The van der Waals surface area contributed by atoms with E-state index in [0.717, 1.165) is 12.0 Å². The molecule has 3 atom stereocenters. The molecule has 1 aliphatic heterocycles. The minimum atomic E-state index is 0.929. The monoisotopic (exact) mass is 157 g/mol. The van der Waals surface area contributed by atoms with Crippen molar-refractivity contribution in [3.8, 4) is 0 Å². The molecule has 10 heavy (non-hydrogen) atoms. The van der Waals surface area contributed by atoms with Gasteiger partial charge in [-0.3, -0.25) is 4.67 Å². The maximum Gasteiger partial charge on any atom is 0.0158 e. The van der Waals surface area contributed by atoms with Crippen LogP contribution in [0.2, 0.25) is 0 Å². The van der Waals surface area contributed by atoms with Gasteiger partial charge in [0.2, 0.25) is 0 Å². The van der Waals surface area contributed by atoms with Crippen LogP contribution in [0.1, 0.15) is 32.1 Å². The molecule has 0 amide bonds. The maximum atomic E-state index is 2.88. The fraction of sp³-hybridized carbons (Fsp3) is 1.00. The molecule has 0 N–H and O–H groups in total. The first-order chi connectivity index (χ1) is 4.88. The van der Waals surface area contributed by atoms with Gasteiger partial charge in [-0.05, 0) is 25.2 Å². The van der Waals surface area contributed by atoms with Gasteiger partial charge >= 0.3 is 0 Å². The van der Waals surface area contributed by atoms with Crippen molar-refractivity contribution < 1.29 is 0 Å². The van der Waals surface area contributed by atoms with E-state index in [2.05, 4.69) is 14.1 Å². The third kappa shape index (κ3) is 1.10. The van der Waals surface area contributed by atoms with Crippen molar-refractivity contribution in [3.05, 3.63) is 0 Å². The summed E-state index contributed by atoms with van der Waals surface area (Å²) in [5, 5.41) is 0. The van der Waals surface area contributed by atoms with Crippen LogP contribution in [0, 0.1) is 5.92 Å². The molecule has 1 aliphatic carbocycles. The molecule has 1 heterocycles. The normalized spacial score (nSPS) is 41.7. The molecule has 2 fully saturated rings. The molecule has 58 valence electrons. The van der Waals surface area contributed by atoms with E-state index in [4.69, 9.17) is 0 Å². The molecular weight excluding hydrogens is 141 g/mol. The molecule has 0 aromatic rings. The first-order valence-electron chi connectivity index (χ1n) is 4.39. The number of rotatable bonds is 0. The van der Waals surface area contributed by atoms with Crippen LogP contribution < -0.4 is 0 Å². The van der Waals surface area contributed by atoms with Crippen molar-refractivity contribution >= 4 is 9.39 Å². The summed E-state index contributed by atoms with van der Waals surface area (Å²) in [6.45, 7) is 1.32. The molecule has 2 heteroatoms. The summed E-state index contributed by atoms with van der Waals surface area (Å²) in [7, 11) is 2.88. The lowest BCUT2D eigenvalue weighted by molar-refractivity contribution is 0.272. The molecule has 1 saturated carbocycles. The molecule has 0 aromatic heterocycles. The second kappa shape index (κ2) is 2.79. The number of hydrogen-bond donors (Lipinski definition) is 0. The predicted molar refractivity (Wildman–Crippen MR) is 46.8 cm³/mol. The van der Waals surface area contributed by atoms with Crippen molar-refractivity contribution in [2.75, 3.05) is 6.54 Å². The SMILES string of the molecule is PN1CCC2CCCCC21. The molecular formula is C8H16NP. The zero-order chi connectivity index (χ0) is 6.97.